The Labute approximate surface area is 164 Å². The molecule has 0 aliphatic heterocycles. The second-order valence-corrected chi connectivity index (χ2v) is 10.2. The van der Waals surface area contributed by atoms with Gasteiger partial charge in [0, 0.05) is 23.8 Å². The van der Waals surface area contributed by atoms with Crippen LogP contribution in [0.3, 0.4) is 0 Å². The highest BCUT2D eigenvalue weighted by Gasteiger charge is 2.71. The Balaban J connectivity index is 1.79. The molecule has 28 heavy (non-hydrogen) atoms. The molecule has 4 nitrogen and oxygen atoms in total. The molecule has 4 aliphatic carbocycles. The van der Waals surface area contributed by atoms with Crippen molar-refractivity contribution < 1.29 is 28.6 Å². The Bertz CT molecular complexity index is 762. The average molecular weight is 396 g/mol. The Hall–Kier alpha value is -1.14. The molecule has 0 aromatic carbocycles. The molecule has 0 aromatic heterocycles. The van der Waals surface area contributed by atoms with Gasteiger partial charge in [0.2, 0.25) is 0 Å². The van der Waals surface area contributed by atoms with Crippen molar-refractivity contribution in [2.24, 2.45) is 34.5 Å². The number of aliphatic hydroxyl groups is 2. The van der Waals surface area contributed by atoms with Crippen molar-refractivity contribution in [3.63, 3.8) is 0 Å². The van der Waals surface area contributed by atoms with Gasteiger partial charge in [0.25, 0.3) is 5.92 Å². The lowest BCUT2D eigenvalue weighted by molar-refractivity contribution is -0.179. The van der Waals surface area contributed by atoms with E-state index in [-0.39, 0.29) is 41.4 Å². The molecule has 3 saturated carbocycles. The van der Waals surface area contributed by atoms with Crippen LogP contribution < -0.4 is 0 Å². The van der Waals surface area contributed by atoms with Gasteiger partial charge in [-0.25, -0.2) is 8.78 Å². The molecule has 156 valence electrons. The van der Waals surface area contributed by atoms with Gasteiger partial charge < -0.3 is 10.2 Å². The second-order valence-electron chi connectivity index (χ2n) is 10.2. The van der Waals surface area contributed by atoms with Gasteiger partial charge in [-0.05, 0) is 60.8 Å². The van der Waals surface area contributed by atoms with Crippen LogP contribution in [0.4, 0.5) is 8.78 Å². The largest absolute Gasteiger partial charge is 0.388 e. The normalized spacial score (nSPS) is 49.7. The number of allylic oxidation sites excluding steroid dienone is 1. The minimum absolute atomic E-state index is 0.00570. The second kappa shape index (κ2) is 5.94. The fourth-order valence-electron chi connectivity index (χ4n) is 7.65. The molecule has 0 aromatic rings. The van der Waals surface area contributed by atoms with Crippen molar-refractivity contribution in [3.8, 4) is 0 Å². The highest BCUT2D eigenvalue weighted by Crippen LogP contribution is 2.70. The first-order chi connectivity index (χ1) is 12.9. The monoisotopic (exact) mass is 396 g/mol. The Kier molecular flexibility index (Phi) is 4.28. The maximum atomic E-state index is 15.2. The molecule has 0 heterocycles. The van der Waals surface area contributed by atoms with E-state index in [9.17, 15) is 19.8 Å². The van der Waals surface area contributed by atoms with Crippen LogP contribution in [0.5, 0.6) is 0 Å². The van der Waals surface area contributed by atoms with Crippen molar-refractivity contribution in [2.75, 3.05) is 6.61 Å². The molecule has 4 aliphatic rings. The van der Waals surface area contributed by atoms with Gasteiger partial charge in [-0.2, -0.15) is 0 Å². The average Bonchev–Trinajstić information content (AvgIpc) is 2.84. The lowest BCUT2D eigenvalue weighted by Crippen LogP contribution is -2.61. The lowest BCUT2D eigenvalue weighted by Gasteiger charge is -2.60. The number of hydrogen-bond donors (Lipinski definition) is 2. The highest BCUT2D eigenvalue weighted by molar-refractivity contribution is 5.92. The Morgan fingerprint density at radius 3 is 2.57 bits per heavy atom. The fourth-order valence-corrected chi connectivity index (χ4v) is 7.65. The fraction of sp³-hybridized carbons (Fsp3) is 0.818. The predicted molar refractivity (Wildman–Crippen MR) is 98.6 cm³/mol. The SMILES string of the molecule is C[C@@H]1C[C@H]2[C@@H]3CC(F)(F)C4=CC(=O)CC[C@]4(C)[C@H]3CC[C@]2(C)[C@@]1(O)C(=O)CO. The molecule has 0 spiro atoms. The minimum Gasteiger partial charge on any atom is -0.388 e. The number of carbonyl (C=O) groups excluding carboxylic acids is 2. The van der Waals surface area contributed by atoms with E-state index in [1.807, 2.05) is 13.8 Å². The van der Waals surface area contributed by atoms with Crippen LogP contribution in [0.2, 0.25) is 0 Å². The third-order valence-corrected chi connectivity index (χ3v) is 9.10. The number of Topliss-reactive ketones (excluding diaryl/α,β-unsaturated/α-hetero) is 1. The van der Waals surface area contributed by atoms with E-state index in [2.05, 4.69) is 0 Å². The van der Waals surface area contributed by atoms with Crippen molar-refractivity contribution in [1.29, 1.82) is 0 Å². The Morgan fingerprint density at radius 1 is 1.25 bits per heavy atom. The molecule has 3 fully saturated rings. The van der Waals surface area contributed by atoms with Crippen LogP contribution in [-0.4, -0.2) is 39.9 Å². The molecule has 6 heteroatoms. The molecule has 0 radical (unpaired) electrons. The van der Waals surface area contributed by atoms with Gasteiger partial charge in [-0.3, -0.25) is 9.59 Å². The zero-order valence-electron chi connectivity index (χ0n) is 16.8. The molecule has 0 saturated heterocycles. The van der Waals surface area contributed by atoms with E-state index < -0.39 is 34.7 Å². The van der Waals surface area contributed by atoms with Gasteiger partial charge in [-0.15, -0.1) is 0 Å². The number of fused-ring (bicyclic) bond motifs is 5. The van der Waals surface area contributed by atoms with Gasteiger partial charge in [0.15, 0.2) is 11.6 Å². The van der Waals surface area contributed by atoms with Gasteiger partial charge >= 0.3 is 0 Å². The smallest absolute Gasteiger partial charge is 0.270 e. The van der Waals surface area contributed by atoms with E-state index in [1.165, 1.54) is 6.08 Å². The maximum absolute atomic E-state index is 15.2. The molecule has 4 rings (SSSR count). The summed E-state index contributed by atoms with van der Waals surface area (Å²) in [4.78, 5) is 24.4. The van der Waals surface area contributed by atoms with Crippen LogP contribution in [0, 0.1) is 34.5 Å². The van der Waals surface area contributed by atoms with Crippen molar-refractivity contribution in [2.45, 2.75) is 70.8 Å². The summed E-state index contributed by atoms with van der Waals surface area (Å²) in [7, 11) is 0. The molecule has 0 bridgehead atoms. The molecule has 7 atom stereocenters. The summed E-state index contributed by atoms with van der Waals surface area (Å²) in [5, 5.41) is 20.8. The quantitative estimate of drug-likeness (QED) is 0.751. The van der Waals surface area contributed by atoms with Crippen LogP contribution in [0.25, 0.3) is 0 Å². The molecule has 0 amide bonds. The number of carbonyl (C=O) groups is 2. The molecule has 2 N–H and O–H groups in total. The minimum atomic E-state index is -3.05. The number of rotatable bonds is 2. The van der Waals surface area contributed by atoms with E-state index in [4.69, 9.17) is 0 Å². The van der Waals surface area contributed by atoms with Crippen LogP contribution in [0.1, 0.15) is 59.3 Å². The lowest BCUT2D eigenvalue weighted by atomic mass is 9.45. The van der Waals surface area contributed by atoms with Gasteiger partial charge in [0.05, 0.1) is 0 Å². The predicted octanol–water partition coefficient (Wildman–Crippen LogP) is 3.30. The van der Waals surface area contributed by atoms with Crippen LogP contribution >= 0.6 is 0 Å². The Morgan fingerprint density at radius 2 is 1.93 bits per heavy atom. The van der Waals surface area contributed by atoms with Crippen molar-refractivity contribution in [3.05, 3.63) is 11.6 Å². The zero-order valence-corrected chi connectivity index (χ0v) is 16.8. The first-order valence-electron chi connectivity index (χ1n) is 10.4. The molecular weight excluding hydrogens is 366 g/mol. The summed E-state index contributed by atoms with van der Waals surface area (Å²) in [5.74, 6) is -4.74. The first-order valence-corrected chi connectivity index (χ1v) is 10.4. The number of ketones is 2. The van der Waals surface area contributed by atoms with E-state index in [1.54, 1.807) is 6.92 Å². The number of alkyl halides is 2. The summed E-state index contributed by atoms with van der Waals surface area (Å²) < 4.78 is 30.5. The number of halogens is 2. The molecular formula is C22H30F2O4. The zero-order chi connectivity index (χ0) is 20.7. The van der Waals surface area contributed by atoms with Gasteiger partial charge in [-0.1, -0.05) is 20.8 Å². The highest BCUT2D eigenvalue weighted by atomic mass is 19.3. The first kappa shape index (κ1) is 20.1. The van der Waals surface area contributed by atoms with Crippen LogP contribution in [0.15, 0.2) is 11.6 Å². The van der Waals surface area contributed by atoms with E-state index in [0.29, 0.717) is 32.1 Å². The summed E-state index contributed by atoms with van der Waals surface area (Å²) in [5.41, 5.74) is -3.21. The van der Waals surface area contributed by atoms with Crippen molar-refractivity contribution >= 4 is 11.6 Å². The standard InChI is InChI=1S/C22H30F2O4/c1-12-8-16-14-10-21(23,24)17-9-13(26)4-6-19(17,2)15(14)5-7-20(16,3)22(12,28)18(27)11-25/h9,12,14-16,25,28H,4-8,10-11H2,1-3H3/t12-,14-,15+,16+,19-,20+,22+/m1/s1. The van der Waals surface area contributed by atoms with Crippen LogP contribution in [-0.2, 0) is 9.59 Å². The summed E-state index contributed by atoms with van der Waals surface area (Å²) in [6.07, 6.45) is 3.30. The summed E-state index contributed by atoms with van der Waals surface area (Å²) >= 11 is 0. The summed E-state index contributed by atoms with van der Waals surface area (Å²) in [6, 6.07) is 0. The third kappa shape index (κ3) is 2.28. The number of aliphatic hydroxyl groups excluding tert-OH is 1. The third-order valence-electron chi connectivity index (χ3n) is 9.10. The van der Waals surface area contributed by atoms with E-state index in [0.717, 1.165) is 0 Å². The summed E-state index contributed by atoms with van der Waals surface area (Å²) in [6.45, 7) is 4.78. The number of hydrogen-bond acceptors (Lipinski definition) is 4. The topological polar surface area (TPSA) is 74.6 Å². The van der Waals surface area contributed by atoms with Gasteiger partial charge in [0.1, 0.15) is 12.2 Å². The molecule has 0 unspecified atom stereocenters. The maximum Gasteiger partial charge on any atom is 0.270 e. The van der Waals surface area contributed by atoms with Crippen molar-refractivity contribution in [1.82, 2.24) is 0 Å². The van der Waals surface area contributed by atoms with E-state index >= 15 is 8.78 Å².